The zero-order chi connectivity index (χ0) is 23.5. The van der Waals surface area contributed by atoms with Gasteiger partial charge >= 0.3 is 5.69 Å². The van der Waals surface area contributed by atoms with Gasteiger partial charge in [0.1, 0.15) is 5.69 Å². The lowest BCUT2D eigenvalue weighted by atomic mass is 10.2. The predicted molar refractivity (Wildman–Crippen MR) is 128 cm³/mol. The van der Waals surface area contributed by atoms with Gasteiger partial charge in [-0.3, -0.25) is 25.7 Å². The second-order valence-corrected chi connectivity index (χ2v) is 7.88. The van der Waals surface area contributed by atoms with Crippen molar-refractivity contribution in [3.05, 3.63) is 108 Å². The smallest absolute Gasteiger partial charge is 0.301 e. The SMILES string of the molecule is O=[N+]([O-])c1ccc(N/N=C\c2cn(Cc3ccc(Cl)c(Cl)c3)c3ccccc23)c([N+](=O)[O-])c1. The summed E-state index contributed by atoms with van der Waals surface area (Å²) in [6, 6.07) is 16.5. The van der Waals surface area contributed by atoms with E-state index >= 15 is 0 Å². The maximum atomic E-state index is 11.3. The van der Waals surface area contributed by atoms with Crippen LogP contribution in [0, 0.1) is 20.2 Å². The summed E-state index contributed by atoms with van der Waals surface area (Å²) < 4.78 is 2.03. The number of hydrogen-bond acceptors (Lipinski definition) is 6. The molecular weight excluding hydrogens is 469 g/mol. The van der Waals surface area contributed by atoms with Gasteiger partial charge in [0.05, 0.1) is 32.2 Å². The van der Waals surface area contributed by atoms with Crippen LogP contribution >= 0.6 is 23.2 Å². The Balaban J connectivity index is 1.62. The number of rotatable bonds is 7. The molecule has 0 atom stereocenters. The molecule has 0 spiro atoms. The Bertz CT molecular complexity index is 1420. The number of hydrazone groups is 1. The van der Waals surface area contributed by atoms with Crippen molar-refractivity contribution in [2.75, 3.05) is 5.43 Å². The number of anilines is 1. The lowest BCUT2D eigenvalue weighted by molar-refractivity contribution is -0.393. The number of nitro groups is 2. The van der Waals surface area contributed by atoms with Crippen LogP contribution in [-0.2, 0) is 6.54 Å². The molecule has 9 nitrogen and oxygen atoms in total. The van der Waals surface area contributed by atoms with Crippen molar-refractivity contribution in [1.29, 1.82) is 0 Å². The number of non-ortho nitro benzene ring substituents is 1. The Morgan fingerprint density at radius 2 is 1.76 bits per heavy atom. The standard InChI is InChI=1S/C22H15Cl2N5O4/c23-18-7-5-14(9-19(18)24)12-27-13-15(17-3-1-2-4-21(17)27)11-25-26-20-8-6-16(28(30)31)10-22(20)29(32)33/h1-11,13,26H,12H2/b25-11-. The lowest BCUT2D eigenvalue weighted by Crippen LogP contribution is -1.99. The zero-order valence-corrected chi connectivity index (χ0v) is 18.3. The third-order valence-corrected chi connectivity index (χ3v) is 5.67. The summed E-state index contributed by atoms with van der Waals surface area (Å²) in [6.45, 7) is 0.548. The topological polar surface area (TPSA) is 116 Å². The monoisotopic (exact) mass is 483 g/mol. The number of benzene rings is 3. The Hall–Kier alpha value is -3.95. The minimum absolute atomic E-state index is 0.0430. The first-order valence-electron chi connectivity index (χ1n) is 9.57. The van der Waals surface area contributed by atoms with Gasteiger partial charge in [0, 0.05) is 35.3 Å². The van der Waals surface area contributed by atoms with E-state index in [1.54, 1.807) is 12.3 Å². The van der Waals surface area contributed by atoms with Gasteiger partial charge in [0.2, 0.25) is 0 Å². The van der Waals surface area contributed by atoms with E-state index in [0.29, 0.717) is 16.6 Å². The third-order valence-electron chi connectivity index (χ3n) is 4.93. The molecule has 4 rings (SSSR count). The molecule has 0 radical (unpaired) electrons. The maximum Gasteiger partial charge on any atom is 0.301 e. The fourth-order valence-electron chi connectivity index (χ4n) is 3.39. The molecule has 0 fully saturated rings. The molecule has 0 bridgehead atoms. The molecule has 1 aromatic heterocycles. The number of nitro benzene ring substituents is 2. The molecule has 0 aliphatic heterocycles. The van der Waals surface area contributed by atoms with Crippen molar-refractivity contribution in [2.24, 2.45) is 5.10 Å². The first kappa shape index (κ1) is 22.3. The summed E-state index contributed by atoms with van der Waals surface area (Å²) in [4.78, 5) is 20.8. The molecular formula is C22H15Cl2N5O4. The zero-order valence-electron chi connectivity index (χ0n) is 16.8. The van der Waals surface area contributed by atoms with Gasteiger partial charge in [-0.15, -0.1) is 0 Å². The summed E-state index contributed by atoms with van der Waals surface area (Å²) in [5.41, 5.74) is 4.55. The van der Waals surface area contributed by atoms with Gasteiger partial charge in [-0.2, -0.15) is 5.10 Å². The molecule has 0 saturated heterocycles. The van der Waals surface area contributed by atoms with Crippen LogP contribution in [0.25, 0.3) is 10.9 Å². The average molecular weight is 484 g/mol. The van der Waals surface area contributed by atoms with E-state index in [1.807, 2.05) is 47.2 Å². The quantitative estimate of drug-likeness (QED) is 0.189. The minimum Gasteiger partial charge on any atom is -0.342 e. The van der Waals surface area contributed by atoms with E-state index in [0.717, 1.165) is 28.1 Å². The molecule has 1 N–H and O–H groups in total. The highest BCUT2D eigenvalue weighted by atomic mass is 35.5. The predicted octanol–water partition coefficient (Wildman–Crippen LogP) is 6.26. The number of nitrogens with one attached hydrogen (secondary N) is 1. The molecule has 4 aromatic rings. The second kappa shape index (κ2) is 9.27. The Morgan fingerprint density at radius 3 is 2.48 bits per heavy atom. The van der Waals surface area contributed by atoms with Crippen LogP contribution in [0.5, 0.6) is 0 Å². The molecule has 0 amide bonds. The fourth-order valence-corrected chi connectivity index (χ4v) is 3.71. The molecule has 0 aliphatic carbocycles. The summed E-state index contributed by atoms with van der Waals surface area (Å²) in [7, 11) is 0. The number of nitrogens with zero attached hydrogens (tertiary/aromatic N) is 4. The summed E-state index contributed by atoms with van der Waals surface area (Å²) >= 11 is 12.1. The molecule has 0 aliphatic rings. The lowest BCUT2D eigenvalue weighted by Gasteiger charge is -2.06. The molecule has 166 valence electrons. The van der Waals surface area contributed by atoms with Crippen LogP contribution in [0.2, 0.25) is 10.0 Å². The van der Waals surface area contributed by atoms with Crippen LogP contribution in [0.4, 0.5) is 17.1 Å². The summed E-state index contributed by atoms with van der Waals surface area (Å²) in [5.74, 6) is 0. The number of hydrogen-bond donors (Lipinski definition) is 1. The van der Waals surface area contributed by atoms with Crippen LogP contribution in [-0.4, -0.2) is 20.6 Å². The highest BCUT2D eigenvalue weighted by molar-refractivity contribution is 6.42. The van der Waals surface area contributed by atoms with E-state index in [1.165, 1.54) is 12.1 Å². The first-order chi connectivity index (χ1) is 15.8. The van der Waals surface area contributed by atoms with Crippen molar-refractivity contribution in [1.82, 2.24) is 4.57 Å². The molecule has 1 heterocycles. The largest absolute Gasteiger partial charge is 0.342 e. The Morgan fingerprint density at radius 1 is 0.970 bits per heavy atom. The maximum absolute atomic E-state index is 11.3. The van der Waals surface area contributed by atoms with Crippen LogP contribution in [0.1, 0.15) is 11.1 Å². The van der Waals surface area contributed by atoms with Crippen molar-refractivity contribution in [3.63, 3.8) is 0 Å². The van der Waals surface area contributed by atoms with Crippen LogP contribution in [0.3, 0.4) is 0 Å². The first-order valence-corrected chi connectivity index (χ1v) is 10.3. The summed E-state index contributed by atoms with van der Waals surface area (Å²) in [5, 5.41) is 28.2. The van der Waals surface area contributed by atoms with Gasteiger partial charge in [-0.1, -0.05) is 47.5 Å². The normalized spacial score (nSPS) is 11.2. The van der Waals surface area contributed by atoms with Gasteiger partial charge in [0.25, 0.3) is 5.69 Å². The van der Waals surface area contributed by atoms with Crippen molar-refractivity contribution >= 4 is 57.4 Å². The van der Waals surface area contributed by atoms with E-state index in [9.17, 15) is 20.2 Å². The third kappa shape index (κ3) is 4.79. The van der Waals surface area contributed by atoms with Crippen molar-refractivity contribution < 1.29 is 9.85 Å². The molecule has 3 aromatic carbocycles. The molecule has 0 unspecified atom stereocenters. The van der Waals surface area contributed by atoms with Crippen LogP contribution in [0.15, 0.2) is 72.0 Å². The number of aromatic nitrogens is 1. The van der Waals surface area contributed by atoms with Crippen LogP contribution < -0.4 is 5.43 Å². The molecule has 11 heteroatoms. The fraction of sp³-hybridized carbons (Fsp3) is 0.0455. The van der Waals surface area contributed by atoms with E-state index in [-0.39, 0.29) is 11.4 Å². The van der Waals surface area contributed by atoms with E-state index in [4.69, 9.17) is 23.2 Å². The number of halogens is 2. The molecule has 0 saturated carbocycles. The van der Waals surface area contributed by atoms with E-state index < -0.39 is 15.5 Å². The van der Waals surface area contributed by atoms with Crippen molar-refractivity contribution in [2.45, 2.75) is 6.54 Å². The highest BCUT2D eigenvalue weighted by Gasteiger charge is 2.19. The average Bonchev–Trinajstić information content (AvgIpc) is 3.13. The molecule has 33 heavy (non-hydrogen) atoms. The number of fused-ring (bicyclic) bond motifs is 1. The van der Waals surface area contributed by atoms with Gasteiger partial charge in [-0.25, -0.2) is 0 Å². The Labute approximate surface area is 197 Å². The Kier molecular flexibility index (Phi) is 6.25. The highest BCUT2D eigenvalue weighted by Crippen LogP contribution is 2.29. The van der Waals surface area contributed by atoms with Gasteiger partial charge in [0.15, 0.2) is 0 Å². The van der Waals surface area contributed by atoms with E-state index in [2.05, 4.69) is 10.5 Å². The second-order valence-electron chi connectivity index (χ2n) is 7.06. The number of para-hydroxylation sites is 1. The summed E-state index contributed by atoms with van der Waals surface area (Å²) in [6.07, 6.45) is 3.45. The van der Waals surface area contributed by atoms with Gasteiger partial charge in [-0.05, 0) is 29.8 Å². The van der Waals surface area contributed by atoms with Crippen molar-refractivity contribution in [3.8, 4) is 0 Å². The minimum atomic E-state index is -0.700. The van der Waals surface area contributed by atoms with Gasteiger partial charge < -0.3 is 4.57 Å².